The van der Waals surface area contributed by atoms with Gasteiger partial charge in [0, 0.05) is 31.9 Å². The average molecular weight is 174 g/mol. The summed E-state index contributed by atoms with van der Waals surface area (Å²) < 4.78 is 2.11. The Morgan fingerprint density at radius 2 is 2.46 bits per heavy atom. The van der Waals surface area contributed by atoms with Crippen LogP contribution in [0.5, 0.6) is 0 Å². The molecule has 13 heavy (non-hydrogen) atoms. The molecule has 66 valence electrons. The van der Waals surface area contributed by atoms with Gasteiger partial charge in [0.15, 0.2) is 5.65 Å². The topological polar surface area (TPSA) is 42.2 Å². The lowest BCUT2D eigenvalue weighted by Gasteiger charge is -2.11. The van der Waals surface area contributed by atoms with Crippen molar-refractivity contribution in [1.29, 1.82) is 0 Å². The lowest BCUT2D eigenvalue weighted by molar-refractivity contribution is 0.621. The zero-order valence-electron chi connectivity index (χ0n) is 7.20. The van der Waals surface area contributed by atoms with Gasteiger partial charge in [-0.2, -0.15) is 0 Å². The molecule has 4 nitrogen and oxygen atoms in total. The third-order valence-electron chi connectivity index (χ3n) is 2.44. The summed E-state index contributed by atoms with van der Waals surface area (Å²) >= 11 is 0. The van der Waals surface area contributed by atoms with Gasteiger partial charge >= 0.3 is 0 Å². The Hall–Kier alpha value is -1.42. The summed E-state index contributed by atoms with van der Waals surface area (Å²) in [4.78, 5) is 8.57. The maximum Gasteiger partial charge on any atom is 0.155 e. The molecular formula is C9H10N4. The zero-order chi connectivity index (χ0) is 8.67. The largest absolute Gasteiger partial charge is 0.311 e. The fraction of sp³-hybridized carbons (Fsp3) is 0.333. The van der Waals surface area contributed by atoms with Gasteiger partial charge in [0.2, 0.25) is 0 Å². The number of hydrogen-bond donors (Lipinski definition) is 1. The lowest BCUT2D eigenvalue weighted by Crippen LogP contribution is -2.24. The van der Waals surface area contributed by atoms with E-state index in [2.05, 4.69) is 19.7 Å². The summed E-state index contributed by atoms with van der Waals surface area (Å²) in [6.45, 7) is 1.95. The van der Waals surface area contributed by atoms with Crippen LogP contribution in [0, 0.1) is 0 Å². The molecule has 2 aromatic rings. The quantitative estimate of drug-likeness (QED) is 0.627. The molecule has 0 spiro atoms. The van der Waals surface area contributed by atoms with Crippen LogP contribution in [0.4, 0.5) is 0 Å². The number of imidazole rings is 1. The van der Waals surface area contributed by atoms with Crippen LogP contribution in [-0.4, -0.2) is 20.9 Å². The van der Waals surface area contributed by atoms with Gasteiger partial charge in [0.1, 0.15) is 0 Å². The van der Waals surface area contributed by atoms with Gasteiger partial charge in [0.25, 0.3) is 0 Å². The zero-order valence-corrected chi connectivity index (χ0v) is 7.20. The van der Waals surface area contributed by atoms with Gasteiger partial charge in [-0.05, 0) is 0 Å². The molecule has 0 fully saturated rings. The standard InChI is InChI=1S/C9H10N4/c1-2-10-5-8-7(1)12-9-6-11-3-4-13(8)9/h3-4,6,10H,1-2,5H2. The highest BCUT2D eigenvalue weighted by Gasteiger charge is 2.14. The van der Waals surface area contributed by atoms with E-state index in [0.717, 1.165) is 25.2 Å². The van der Waals surface area contributed by atoms with Crippen molar-refractivity contribution in [3.63, 3.8) is 0 Å². The molecule has 3 heterocycles. The first-order chi connectivity index (χ1) is 6.45. The molecule has 0 saturated heterocycles. The van der Waals surface area contributed by atoms with Crippen molar-refractivity contribution in [2.75, 3.05) is 6.54 Å². The number of fused-ring (bicyclic) bond motifs is 3. The summed E-state index contributed by atoms with van der Waals surface area (Å²) in [5.74, 6) is 0. The Balaban J connectivity index is 2.34. The van der Waals surface area contributed by atoms with Crippen LogP contribution < -0.4 is 5.32 Å². The lowest BCUT2D eigenvalue weighted by atomic mass is 10.2. The van der Waals surface area contributed by atoms with E-state index in [1.807, 2.05) is 6.20 Å². The van der Waals surface area contributed by atoms with Crippen LogP contribution in [0.3, 0.4) is 0 Å². The number of hydrogen-bond acceptors (Lipinski definition) is 3. The second-order valence-corrected chi connectivity index (χ2v) is 3.24. The highest BCUT2D eigenvalue weighted by Crippen LogP contribution is 2.14. The van der Waals surface area contributed by atoms with Gasteiger partial charge in [-0.3, -0.25) is 9.38 Å². The molecule has 0 aliphatic carbocycles. The van der Waals surface area contributed by atoms with E-state index in [0.29, 0.717) is 0 Å². The van der Waals surface area contributed by atoms with E-state index in [1.165, 1.54) is 11.4 Å². The molecule has 1 N–H and O–H groups in total. The molecule has 4 heteroatoms. The Labute approximate surface area is 75.6 Å². The number of nitrogens with one attached hydrogen (secondary N) is 1. The first-order valence-electron chi connectivity index (χ1n) is 4.46. The summed E-state index contributed by atoms with van der Waals surface area (Å²) in [7, 11) is 0. The maximum atomic E-state index is 4.51. The van der Waals surface area contributed by atoms with E-state index in [9.17, 15) is 0 Å². The van der Waals surface area contributed by atoms with E-state index < -0.39 is 0 Å². The van der Waals surface area contributed by atoms with Gasteiger partial charge in [-0.15, -0.1) is 0 Å². The molecule has 0 radical (unpaired) electrons. The third-order valence-corrected chi connectivity index (χ3v) is 2.44. The van der Waals surface area contributed by atoms with E-state index in [4.69, 9.17) is 0 Å². The van der Waals surface area contributed by atoms with Crippen molar-refractivity contribution in [3.05, 3.63) is 30.0 Å². The van der Waals surface area contributed by atoms with Crippen LogP contribution >= 0.6 is 0 Å². The second-order valence-electron chi connectivity index (χ2n) is 3.24. The van der Waals surface area contributed by atoms with Gasteiger partial charge in [-0.25, -0.2) is 4.98 Å². The first-order valence-corrected chi connectivity index (χ1v) is 4.46. The minimum absolute atomic E-state index is 0.917. The molecule has 2 aromatic heterocycles. The van der Waals surface area contributed by atoms with Crippen LogP contribution in [-0.2, 0) is 13.0 Å². The Bertz CT molecular complexity index is 446. The van der Waals surface area contributed by atoms with Gasteiger partial charge < -0.3 is 5.32 Å². The second kappa shape index (κ2) is 2.53. The van der Waals surface area contributed by atoms with Crippen LogP contribution in [0.1, 0.15) is 11.4 Å². The number of nitrogens with zero attached hydrogens (tertiary/aromatic N) is 3. The van der Waals surface area contributed by atoms with Crippen LogP contribution in [0.15, 0.2) is 18.6 Å². The Morgan fingerprint density at radius 3 is 3.46 bits per heavy atom. The molecule has 0 atom stereocenters. The van der Waals surface area contributed by atoms with Crippen molar-refractivity contribution < 1.29 is 0 Å². The van der Waals surface area contributed by atoms with Crippen molar-refractivity contribution in [3.8, 4) is 0 Å². The fourth-order valence-corrected chi connectivity index (χ4v) is 1.81. The van der Waals surface area contributed by atoms with Crippen molar-refractivity contribution in [2.45, 2.75) is 13.0 Å². The van der Waals surface area contributed by atoms with Crippen molar-refractivity contribution in [2.24, 2.45) is 0 Å². The molecular weight excluding hydrogens is 164 g/mol. The fourth-order valence-electron chi connectivity index (χ4n) is 1.81. The summed E-state index contributed by atoms with van der Waals surface area (Å²) in [5, 5.41) is 3.34. The van der Waals surface area contributed by atoms with E-state index in [-0.39, 0.29) is 0 Å². The van der Waals surface area contributed by atoms with E-state index >= 15 is 0 Å². The highest BCUT2D eigenvalue weighted by molar-refractivity contribution is 5.41. The minimum Gasteiger partial charge on any atom is -0.311 e. The molecule has 0 bridgehead atoms. The Morgan fingerprint density at radius 1 is 1.46 bits per heavy atom. The molecule has 1 aliphatic heterocycles. The van der Waals surface area contributed by atoms with Crippen LogP contribution in [0.25, 0.3) is 5.65 Å². The summed E-state index contributed by atoms with van der Waals surface area (Å²) in [5.41, 5.74) is 3.45. The highest BCUT2D eigenvalue weighted by atomic mass is 15.1. The van der Waals surface area contributed by atoms with Gasteiger partial charge in [0.05, 0.1) is 17.6 Å². The minimum atomic E-state index is 0.917. The molecule has 1 aliphatic rings. The summed E-state index contributed by atoms with van der Waals surface area (Å²) in [6.07, 6.45) is 6.59. The first kappa shape index (κ1) is 7.03. The average Bonchev–Trinajstić information content (AvgIpc) is 2.56. The van der Waals surface area contributed by atoms with Crippen molar-refractivity contribution >= 4 is 5.65 Å². The normalized spacial score (nSPS) is 16.0. The van der Waals surface area contributed by atoms with Gasteiger partial charge in [-0.1, -0.05) is 0 Å². The van der Waals surface area contributed by atoms with E-state index in [1.54, 1.807) is 12.4 Å². The molecule has 3 rings (SSSR count). The predicted molar refractivity (Wildman–Crippen MR) is 48.4 cm³/mol. The smallest absolute Gasteiger partial charge is 0.155 e. The number of rotatable bonds is 0. The monoisotopic (exact) mass is 174 g/mol. The Kier molecular flexibility index (Phi) is 1.37. The van der Waals surface area contributed by atoms with Crippen molar-refractivity contribution in [1.82, 2.24) is 19.7 Å². The molecule has 0 unspecified atom stereocenters. The molecule has 0 saturated carbocycles. The molecule has 0 amide bonds. The van der Waals surface area contributed by atoms with Crippen LogP contribution in [0.2, 0.25) is 0 Å². The number of aromatic nitrogens is 3. The maximum absolute atomic E-state index is 4.51. The molecule has 0 aromatic carbocycles. The SMILES string of the molecule is c1cn2c3c(nc2cn1)CCNC3. The summed E-state index contributed by atoms with van der Waals surface area (Å²) in [6, 6.07) is 0. The predicted octanol–water partition coefficient (Wildman–Crippen LogP) is 0.375. The third kappa shape index (κ3) is 0.954.